The lowest BCUT2D eigenvalue weighted by Gasteiger charge is -2.29. The number of hydrogen-bond acceptors (Lipinski definition) is 8. The van der Waals surface area contributed by atoms with Crippen LogP contribution in [0.2, 0.25) is 0 Å². The van der Waals surface area contributed by atoms with Crippen molar-refractivity contribution in [1.82, 2.24) is 14.9 Å². The van der Waals surface area contributed by atoms with Gasteiger partial charge in [-0.15, -0.1) is 0 Å². The molecule has 1 saturated heterocycles. The SMILES string of the molecule is CC(C)N1CCc2oc3nc(Nc4ccc5sc(N6CCOCC6)nc5c4)ccc3c2C1. The van der Waals surface area contributed by atoms with Crippen molar-refractivity contribution in [2.45, 2.75) is 32.9 Å². The smallest absolute Gasteiger partial charge is 0.228 e. The second-order valence-corrected chi connectivity index (χ2v) is 9.78. The number of nitrogens with one attached hydrogen (secondary N) is 1. The summed E-state index contributed by atoms with van der Waals surface area (Å²) in [5.41, 5.74) is 3.99. The van der Waals surface area contributed by atoms with Gasteiger partial charge in [0.25, 0.3) is 0 Å². The second-order valence-electron chi connectivity index (χ2n) is 8.77. The monoisotopic (exact) mass is 449 g/mol. The Morgan fingerprint density at radius 3 is 2.78 bits per heavy atom. The van der Waals surface area contributed by atoms with Crippen molar-refractivity contribution in [1.29, 1.82) is 0 Å². The molecule has 8 heteroatoms. The van der Waals surface area contributed by atoms with Crippen molar-refractivity contribution in [2.75, 3.05) is 43.1 Å². The fraction of sp³-hybridized carbons (Fsp3) is 0.417. The largest absolute Gasteiger partial charge is 0.442 e. The fourth-order valence-corrected chi connectivity index (χ4v) is 5.52. The zero-order valence-corrected chi connectivity index (χ0v) is 19.2. The molecule has 166 valence electrons. The molecule has 0 unspecified atom stereocenters. The van der Waals surface area contributed by atoms with Crippen LogP contribution in [-0.4, -0.2) is 53.8 Å². The van der Waals surface area contributed by atoms with Crippen LogP contribution in [0.3, 0.4) is 0 Å². The lowest BCUT2D eigenvalue weighted by atomic mass is 10.0. The van der Waals surface area contributed by atoms with E-state index in [1.54, 1.807) is 11.3 Å². The normalized spacial score (nSPS) is 17.4. The highest BCUT2D eigenvalue weighted by Crippen LogP contribution is 2.33. The lowest BCUT2D eigenvalue weighted by molar-refractivity contribution is 0.122. The Labute approximate surface area is 191 Å². The van der Waals surface area contributed by atoms with E-state index < -0.39 is 0 Å². The first-order valence-electron chi connectivity index (χ1n) is 11.3. The van der Waals surface area contributed by atoms with E-state index in [9.17, 15) is 0 Å². The predicted molar refractivity (Wildman–Crippen MR) is 129 cm³/mol. The molecule has 1 N–H and O–H groups in total. The van der Waals surface area contributed by atoms with Gasteiger partial charge in [0.05, 0.1) is 23.4 Å². The Balaban J connectivity index is 1.25. The summed E-state index contributed by atoms with van der Waals surface area (Å²) < 4.78 is 12.8. The van der Waals surface area contributed by atoms with Crippen molar-refractivity contribution in [3.63, 3.8) is 0 Å². The van der Waals surface area contributed by atoms with Crippen molar-refractivity contribution in [3.8, 4) is 0 Å². The van der Waals surface area contributed by atoms with Crippen LogP contribution < -0.4 is 10.2 Å². The molecule has 32 heavy (non-hydrogen) atoms. The van der Waals surface area contributed by atoms with E-state index in [-0.39, 0.29) is 0 Å². The van der Waals surface area contributed by atoms with Gasteiger partial charge in [0.2, 0.25) is 5.71 Å². The summed E-state index contributed by atoms with van der Waals surface area (Å²) in [4.78, 5) is 14.4. The summed E-state index contributed by atoms with van der Waals surface area (Å²) in [6.07, 6.45) is 0.943. The highest BCUT2D eigenvalue weighted by molar-refractivity contribution is 7.22. The van der Waals surface area contributed by atoms with Gasteiger partial charge in [0.1, 0.15) is 11.6 Å². The molecule has 3 aromatic heterocycles. The fourth-order valence-electron chi connectivity index (χ4n) is 4.52. The molecular formula is C24H27N5O2S. The number of thiazole rings is 1. The van der Waals surface area contributed by atoms with Crippen LogP contribution in [-0.2, 0) is 17.7 Å². The molecule has 2 aliphatic heterocycles. The maximum atomic E-state index is 6.13. The van der Waals surface area contributed by atoms with Gasteiger partial charge in [-0.1, -0.05) is 11.3 Å². The Morgan fingerprint density at radius 2 is 1.94 bits per heavy atom. The first kappa shape index (κ1) is 20.0. The average molecular weight is 450 g/mol. The molecule has 4 aromatic rings. The maximum absolute atomic E-state index is 6.13. The number of pyridine rings is 1. The quantitative estimate of drug-likeness (QED) is 0.481. The van der Waals surface area contributed by atoms with E-state index in [0.29, 0.717) is 6.04 Å². The van der Waals surface area contributed by atoms with Crippen molar-refractivity contribution < 1.29 is 9.15 Å². The van der Waals surface area contributed by atoms with Crippen LogP contribution in [0.15, 0.2) is 34.7 Å². The molecule has 7 nitrogen and oxygen atoms in total. The number of anilines is 3. The Hall–Kier alpha value is -2.68. The molecule has 1 aromatic carbocycles. The summed E-state index contributed by atoms with van der Waals surface area (Å²) in [6.45, 7) is 9.79. The standard InChI is InChI=1S/C24H27N5O2S/c1-15(2)29-8-7-20-18(14-29)17-4-6-22(27-23(17)31-20)25-16-3-5-21-19(13-16)26-24(32-21)28-9-11-30-12-10-28/h3-6,13,15H,7-12,14H2,1-2H3,(H,25,27). The lowest BCUT2D eigenvalue weighted by Crippen LogP contribution is -2.36. The molecule has 0 radical (unpaired) electrons. The van der Waals surface area contributed by atoms with E-state index in [2.05, 4.69) is 53.2 Å². The Kier molecular flexibility index (Phi) is 5.01. The van der Waals surface area contributed by atoms with Crippen molar-refractivity contribution >= 4 is 49.3 Å². The molecular weight excluding hydrogens is 422 g/mol. The summed E-state index contributed by atoms with van der Waals surface area (Å²) >= 11 is 1.73. The number of ether oxygens (including phenoxy) is 1. The third-order valence-corrected chi connectivity index (χ3v) is 7.49. The maximum Gasteiger partial charge on any atom is 0.228 e. The Morgan fingerprint density at radius 1 is 1.06 bits per heavy atom. The summed E-state index contributed by atoms with van der Waals surface area (Å²) in [7, 11) is 0. The molecule has 6 rings (SSSR count). The number of furan rings is 1. The van der Waals surface area contributed by atoms with E-state index in [0.717, 1.165) is 84.8 Å². The predicted octanol–water partition coefficient (Wildman–Crippen LogP) is 4.78. The molecule has 0 spiro atoms. The number of morpholine rings is 1. The highest BCUT2D eigenvalue weighted by atomic mass is 32.1. The van der Waals surface area contributed by atoms with Crippen LogP contribution in [0, 0.1) is 0 Å². The van der Waals surface area contributed by atoms with E-state index in [1.165, 1.54) is 10.3 Å². The number of nitrogens with zero attached hydrogens (tertiary/aromatic N) is 4. The minimum atomic E-state index is 0.534. The molecule has 0 amide bonds. The number of aromatic nitrogens is 2. The van der Waals surface area contributed by atoms with Gasteiger partial charge in [0, 0.05) is 55.3 Å². The van der Waals surface area contributed by atoms with Gasteiger partial charge < -0.3 is 19.4 Å². The Bertz CT molecular complexity index is 1270. The number of benzene rings is 1. The first-order valence-corrected chi connectivity index (χ1v) is 12.1. The molecule has 0 aliphatic carbocycles. The zero-order chi connectivity index (χ0) is 21.7. The molecule has 0 atom stereocenters. The molecule has 2 aliphatic rings. The van der Waals surface area contributed by atoms with Gasteiger partial charge >= 0.3 is 0 Å². The summed E-state index contributed by atoms with van der Waals surface area (Å²) in [5.74, 6) is 1.87. The van der Waals surface area contributed by atoms with Crippen LogP contribution >= 0.6 is 11.3 Å². The molecule has 5 heterocycles. The number of fused-ring (bicyclic) bond motifs is 4. The van der Waals surface area contributed by atoms with E-state index >= 15 is 0 Å². The minimum Gasteiger partial charge on any atom is -0.442 e. The average Bonchev–Trinajstić information content (AvgIpc) is 3.39. The minimum absolute atomic E-state index is 0.534. The van der Waals surface area contributed by atoms with E-state index in [1.807, 2.05) is 6.07 Å². The van der Waals surface area contributed by atoms with Gasteiger partial charge in [0.15, 0.2) is 5.13 Å². The summed E-state index contributed by atoms with van der Waals surface area (Å²) in [6, 6.07) is 11.0. The van der Waals surface area contributed by atoms with Gasteiger partial charge in [-0.2, -0.15) is 4.98 Å². The van der Waals surface area contributed by atoms with Crippen LogP contribution in [0.4, 0.5) is 16.6 Å². The summed E-state index contributed by atoms with van der Waals surface area (Å²) in [5, 5.41) is 5.63. The highest BCUT2D eigenvalue weighted by Gasteiger charge is 2.24. The first-order chi connectivity index (χ1) is 15.6. The number of rotatable bonds is 4. The van der Waals surface area contributed by atoms with Crippen molar-refractivity contribution in [2.24, 2.45) is 0 Å². The molecule has 1 fully saturated rings. The zero-order valence-electron chi connectivity index (χ0n) is 18.4. The van der Waals surface area contributed by atoms with E-state index in [4.69, 9.17) is 19.1 Å². The third-order valence-electron chi connectivity index (χ3n) is 6.39. The molecule has 0 saturated carbocycles. The second kappa shape index (κ2) is 8.03. The van der Waals surface area contributed by atoms with Gasteiger partial charge in [-0.25, -0.2) is 4.98 Å². The van der Waals surface area contributed by atoms with Crippen LogP contribution in [0.1, 0.15) is 25.2 Å². The third kappa shape index (κ3) is 3.62. The molecule has 0 bridgehead atoms. The van der Waals surface area contributed by atoms with Crippen molar-refractivity contribution in [3.05, 3.63) is 41.7 Å². The van der Waals surface area contributed by atoms with Gasteiger partial charge in [-0.05, 0) is 44.2 Å². The van der Waals surface area contributed by atoms with Gasteiger partial charge in [-0.3, -0.25) is 4.90 Å². The number of hydrogen-bond donors (Lipinski definition) is 1. The topological polar surface area (TPSA) is 66.7 Å². The van der Waals surface area contributed by atoms with Crippen LogP contribution in [0.5, 0.6) is 0 Å². The van der Waals surface area contributed by atoms with Crippen LogP contribution in [0.25, 0.3) is 21.3 Å².